The molecule has 0 unspecified atom stereocenters. The Kier molecular flexibility index (Phi) is 7.10. The van der Waals surface area contributed by atoms with Crippen molar-refractivity contribution in [1.82, 2.24) is 10.2 Å². The highest BCUT2D eigenvalue weighted by Gasteiger charge is 2.09. The molecule has 0 spiro atoms. The van der Waals surface area contributed by atoms with Gasteiger partial charge in [-0.1, -0.05) is 35.8 Å². The number of hydrogen-bond acceptors (Lipinski definition) is 2. The quantitative estimate of drug-likeness (QED) is 0.780. The molecule has 0 bridgehead atoms. The maximum absolute atomic E-state index is 12.1. The van der Waals surface area contributed by atoms with Crippen LogP contribution in [0, 0.1) is 6.92 Å². The standard InChI is InChI=1S/C15H23BrN2O/c1-4-18(5-2)11-7-10-17-15(19)13-8-6-9-14(16)12(13)3/h6,8-9H,4-5,7,10-11H2,1-3H3,(H,17,19). The van der Waals surface area contributed by atoms with Gasteiger partial charge in [0.1, 0.15) is 0 Å². The lowest BCUT2D eigenvalue weighted by Gasteiger charge is -2.17. The smallest absolute Gasteiger partial charge is 0.251 e. The van der Waals surface area contributed by atoms with Gasteiger partial charge in [0.05, 0.1) is 0 Å². The Balaban J connectivity index is 2.41. The van der Waals surface area contributed by atoms with Crippen molar-refractivity contribution in [1.29, 1.82) is 0 Å². The van der Waals surface area contributed by atoms with E-state index in [0.29, 0.717) is 0 Å². The number of carbonyl (C=O) groups is 1. The Bertz CT molecular complexity index is 417. The third kappa shape index (κ3) is 4.96. The summed E-state index contributed by atoms with van der Waals surface area (Å²) >= 11 is 3.45. The van der Waals surface area contributed by atoms with E-state index >= 15 is 0 Å². The van der Waals surface area contributed by atoms with Crippen LogP contribution in [-0.4, -0.2) is 37.0 Å². The molecule has 0 fully saturated rings. The lowest BCUT2D eigenvalue weighted by Crippen LogP contribution is -2.30. The van der Waals surface area contributed by atoms with Crippen LogP contribution < -0.4 is 5.32 Å². The number of benzene rings is 1. The molecule has 1 aromatic rings. The fourth-order valence-corrected chi connectivity index (χ4v) is 2.36. The fourth-order valence-electron chi connectivity index (χ4n) is 1.99. The Morgan fingerprint density at radius 3 is 2.63 bits per heavy atom. The number of amides is 1. The first-order chi connectivity index (χ1) is 9.10. The molecule has 0 saturated heterocycles. The normalized spacial score (nSPS) is 10.8. The van der Waals surface area contributed by atoms with Crippen LogP contribution >= 0.6 is 15.9 Å². The molecule has 1 amide bonds. The van der Waals surface area contributed by atoms with Crippen LogP contribution in [0.3, 0.4) is 0 Å². The first-order valence-electron chi connectivity index (χ1n) is 6.85. The van der Waals surface area contributed by atoms with Gasteiger partial charge in [0, 0.05) is 16.6 Å². The molecule has 0 heterocycles. The topological polar surface area (TPSA) is 32.3 Å². The molecule has 19 heavy (non-hydrogen) atoms. The van der Waals surface area contributed by atoms with Gasteiger partial charge in [-0.25, -0.2) is 0 Å². The number of hydrogen-bond donors (Lipinski definition) is 1. The molecule has 1 aromatic carbocycles. The summed E-state index contributed by atoms with van der Waals surface area (Å²) in [6.07, 6.45) is 0.987. The van der Waals surface area contributed by atoms with Crippen molar-refractivity contribution in [3.63, 3.8) is 0 Å². The second-order valence-electron chi connectivity index (χ2n) is 4.55. The summed E-state index contributed by atoms with van der Waals surface area (Å²) < 4.78 is 0.975. The van der Waals surface area contributed by atoms with Gasteiger partial charge in [-0.2, -0.15) is 0 Å². The van der Waals surface area contributed by atoms with Gasteiger partial charge in [-0.3, -0.25) is 4.79 Å². The number of rotatable bonds is 7. The Hall–Kier alpha value is -0.870. The van der Waals surface area contributed by atoms with E-state index in [1.807, 2.05) is 25.1 Å². The molecule has 0 aliphatic carbocycles. The molecule has 0 aromatic heterocycles. The van der Waals surface area contributed by atoms with Crippen molar-refractivity contribution < 1.29 is 4.79 Å². The molecular weight excluding hydrogens is 304 g/mol. The molecule has 1 rings (SSSR count). The van der Waals surface area contributed by atoms with Gasteiger partial charge in [0.25, 0.3) is 5.91 Å². The second kappa shape index (κ2) is 8.33. The van der Waals surface area contributed by atoms with E-state index in [9.17, 15) is 4.79 Å². The minimum absolute atomic E-state index is 0.0124. The summed E-state index contributed by atoms with van der Waals surface area (Å²) in [6.45, 7) is 10.2. The van der Waals surface area contributed by atoms with Crippen molar-refractivity contribution in [3.8, 4) is 0 Å². The molecule has 0 atom stereocenters. The fraction of sp³-hybridized carbons (Fsp3) is 0.533. The van der Waals surface area contributed by atoms with Crippen molar-refractivity contribution in [2.75, 3.05) is 26.2 Å². The third-order valence-electron chi connectivity index (χ3n) is 3.34. The first-order valence-corrected chi connectivity index (χ1v) is 7.65. The van der Waals surface area contributed by atoms with Crippen LogP contribution in [0.5, 0.6) is 0 Å². The van der Waals surface area contributed by atoms with E-state index in [2.05, 4.69) is 40.0 Å². The maximum Gasteiger partial charge on any atom is 0.251 e. The SMILES string of the molecule is CCN(CC)CCCNC(=O)c1cccc(Br)c1C. The van der Waals surface area contributed by atoms with Crippen molar-refractivity contribution in [3.05, 3.63) is 33.8 Å². The largest absolute Gasteiger partial charge is 0.352 e. The van der Waals surface area contributed by atoms with Gasteiger partial charge in [0.2, 0.25) is 0 Å². The van der Waals surface area contributed by atoms with E-state index in [1.165, 1.54) is 0 Å². The van der Waals surface area contributed by atoms with E-state index in [-0.39, 0.29) is 5.91 Å². The van der Waals surface area contributed by atoms with Crippen molar-refractivity contribution in [2.45, 2.75) is 27.2 Å². The van der Waals surface area contributed by atoms with E-state index in [4.69, 9.17) is 0 Å². The van der Waals surface area contributed by atoms with E-state index in [0.717, 1.165) is 48.2 Å². The van der Waals surface area contributed by atoms with Crippen LogP contribution in [0.2, 0.25) is 0 Å². The number of nitrogens with zero attached hydrogens (tertiary/aromatic N) is 1. The maximum atomic E-state index is 12.1. The van der Waals surface area contributed by atoms with E-state index < -0.39 is 0 Å². The number of carbonyl (C=O) groups excluding carboxylic acids is 1. The highest BCUT2D eigenvalue weighted by Crippen LogP contribution is 2.19. The zero-order chi connectivity index (χ0) is 14.3. The second-order valence-corrected chi connectivity index (χ2v) is 5.40. The first kappa shape index (κ1) is 16.2. The van der Waals surface area contributed by atoms with Gasteiger partial charge < -0.3 is 10.2 Å². The molecular formula is C15H23BrN2O. The summed E-state index contributed by atoms with van der Waals surface area (Å²) in [5.41, 5.74) is 1.74. The predicted octanol–water partition coefficient (Wildman–Crippen LogP) is 3.22. The summed E-state index contributed by atoms with van der Waals surface area (Å²) in [7, 11) is 0. The zero-order valence-corrected chi connectivity index (χ0v) is 13.6. The molecule has 0 aliphatic rings. The van der Waals surface area contributed by atoms with Gasteiger partial charge in [0.15, 0.2) is 0 Å². The molecule has 106 valence electrons. The summed E-state index contributed by atoms with van der Waals surface area (Å²) in [5, 5.41) is 2.98. The summed E-state index contributed by atoms with van der Waals surface area (Å²) in [5.74, 6) is 0.0124. The molecule has 1 N–H and O–H groups in total. The van der Waals surface area contributed by atoms with Crippen molar-refractivity contribution >= 4 is 21.8 Å². The van der Waals surface area contributed by atoms with Crippen LogP contribution in [0.4, 0.5) is 0 Å². The van der Waals surface area contributed by atoms with E-state index in [1.54, 1.807) is 0 Å². The minimum atomic E-state index is 0.0124. The average molecular weight is 327 g/mol. The zero-order valence-electron chi connectivity index (χ0n) is 12.0. The lowest BCUT2D eigenvalue weighted by molar-refractivity contribution is 0.0951. The molecule has 4 heteroatoms. The lowest BCUT2D eigenvalue weighted by atomic mass is 10.1. The summed E-state index contributed by atoms with van der Waals surface area (Å²) in [6, 6.07) is 5.70. The third-order valence-corrected chi connectivity index (χ3v) is 4.20. The minimum Gasteiger partial charge on any atom is -0.352 e. The Morgan fingerprint density at radius 2 is 2.00 bits per heavy atom. The van der Waals surface area contributed by atoms with Crippen LogP contribution in [0.15, 0.2) is 22.7 Å². The predicted molar refractivity (Wildman–Crippen MR) is 83.6 cm³/mol. The molecule has 3 nitrogen and oxygen atoms in total. The number of nitrogens with one attached hydrogen (secondary N) is 1. The van der Waals surface area contributed by atoms with Gasteiger partial charge in [-0.05, 0) is 50.7 Å². The van der Waals surface area contributed by atoms with Crippen LogP contribution in [0.25, 0.3) is 0 Å². The highest BCUT2D eigenvalue weighted by molar-refractivity contribution is 9.10. The Labute approximate surface area is 124 Å². The Morgan fingerprint density at radius 1 is 1.32 bits per heavy atom. The summed E-state index contributed by atoms with van der Waals surface area (Å²) in [4.78, 5) is 14.4. The van der Waals surface area contributed by atoms with Crippen LogP contribution in [0.1, 0.15) is 36.2 Å². The van der Waals surface area contributed by atoms with Gasteiger partial charge in [-0.15, -0.1) is 0 Å². The average Bonchev–Trinajstić information content (AvgIpc) is 2.42. The number of halogens is 1. The molecule has 0 aliphatic heterocycles. The monoisotopic (exact) mass is 326 g/mol. The van der Waals surface area contributed by atoms with Gasteiger partial charge >= 0.3 is 0 Å². The van der Waals surface area contributed by atoms with Crippen LogP contribution in [-0.2, 0) is 0 Å². The van der Waals surface area contributed by atoms with Crippen molar-refractivity contribution in [2.24, 2.45) is 0 Å². The molecule has 0 saturated carbocycles. The molecule has 0 radical (unpaired) electrons. The highest BCUT2D eigenvalue weighted by atomic mass is 79.9.